The largest absolute Gasteiger partial charge is 0.383 e. The maximum absolute atomic E-state index is 5.44. The molecule has 15 nitrogen and oxygen atoms in total. The molecule has 4 heterocycles. The summed E-state index contributed by atoms with van der Waals surface area (Å²) in [7, 11) is 7.83. The zero-order valence-electron chi connectivity index (χ0n) is 36.7. The van der Waals surface area contributed by atoms with Crippen LogP contribution in [0.3, 0.4) is 0 Å². The van der Waals surface area contributed by atoms with Gasteiger partial charge < -0.3 is 74.1 Å². The van der Waals surface area contributed by atoms with Crippen molar-refractivity contribution in [1.29, 1.82) is 0 Å². The Morgan fingerprint density at radius 3 is 1.31 bits per heavy atom. The molecule has 1 atom stereocenters. The Hall–Kier alpha value is -0.600. The van der Waals surface area contributed by atoms with Crippen molar-refractivity contribution in [2.75, 3.05) is 186 Å². The van der Waals surface area contributed by atoms with Crippen LogP contribution in [-0.4, -0.2) is 221 Å². The molecule has 330 valence electrons. The van der Waals surface area contributed by atoms with Gasteiger partial charge in [-0.05, 0) is 118 Å². The van der Waals surface area contributed by atoms with Crippen LogP contribution < -0.4 is 40.1 Å². The van der Waals surface area contributed by atoms with Crippen molar-refractivity contribution in [3.63, 3.8) is 0 Å². The quantitative estimate of drug-likeness (QED) is 0.106. The van der Waals surface area contributed by atoms with E-state index in [-0.39, 0.29) is 0 Å². The molecule has 0 aromatic carbocycles. The van der Waals surface area contributed by atoms with Crippen molar-refractivity contribution in [1.82, 2.24) is 29.4 Å². The molecule has 0 aliphatic carbocycles. The minimum Gasteiger partial charge on any atom is -0.383 e. The molecule has 14 N–H and O–H groups in total. The first kappa shape index (κ1) is 57.7. The monoisotopic (exact) mass is 780 g/mol. The summed E-state index contributed by atoms with van der Waals surface area (Å²) in [6.45, 7) is 28.1. The normalized spacial score (nSPS) is 19.1. The molecule has 54 heavy (non-hydrogen) atoms. The predicted molar refractivity (Wildman–Crippen MR) is 235 cm³/mol. The van der Waals surface area contributed by atoms with E-state index < -0.39 is 0 Å². The van der Waals surface area contributed by atoms with Gasteiger partial charge in [0, 0.05) is 98.2 Å². The molecule has 15 heteroatoms. The van der Waals surface area contributed by atoms with E-state index in [0.29, 0.717) is 13.2 Å². The van der Waals surface area contributed by atoms with Gasteiger partial charge in [-0.2, -0.15) is 0 Å². The summed E-state index contributed by atoms with van der Waals surface area (Å²) in [6, 6.07) is 0.787. The van der Waals surface area contributed by atoms with Gasteiger partial charge in [0.05, 0.1) is 19.8 Å². The molecule has 4 saturated heterocycles. The van der Waals surface area contributed by atoms with Crippen molar-refractivity contribution in [3.8, 4) is 0 Å². The number of nitrogens with two attached hydrogens (primary N) is 7. The number of hydrogen-bond acceptors (Lipinski definition) is 15. The van der Waals surface area contributed by atoms with Crippen molar-refractivity contribution in [3.05, 3.63) is 0 Å². The second-order valence-electron chi connectivity index (χ2n) is 14.3. The summed E-state index contributed by atoms with van der Waals surface area (Å²) >= 11 is 0. The number of piperidine rings is 1. The number of likely N-dealkylation sites (tertiary alicyclic amines) is 3. The van der Waals surface area contributed by atoms with E-state index in [2.05, 4.69) is 55.0 Å². The summed E-state index contributed by atoms with van der Waals surface area (Å²) < 4.78 is 9.73. The van der Waals surface area contributed by atoms with Crippen LogP contribution in [0, 0.1) is 0 Å². The smallest absolute Gasteiger partial charge is 0.0594 e. The number of morpholine rings is 1. The van der Waals surface area contributed by atoms with Crippen LogP contribution in [0.25, 0.3) is 0 Å². The lowest BCUT2D eigenvalue weighted by molar-refractivity contribution is 0.0394. The highest BCUT2D eigenvalue weighted by Crippen LogP contribution is 2.16. The van der Waals surface area contributed by atoms with Gasteiger partial charge in [0.2, 0.25) is 0 Å². The van der Waals surface area contributed by atoms with Crippen LogP contribution in [0.4, 0.5) is 0 Å². The highest BCUT2D eigenvalue weighted by atomic mass is 16.5. The topological polar surface area (TPSA) is 220 Å². The molecular weight excluding hydrogens is 683 g/mol. The van der Waals surface area contributed by atoms with Crippen LogP contribution in [0.1, 0.15) is 65.2 Å². The van der Waals surface area contributed by atoms with Crippen LogP contribution in [0.5, 0.6) is 0 Å². The number of ether oxygens (including phenoxy) is 2. The lowest BCUT2D eigenvalue weighted by Gasteiger charge is -2.25. The molecule has 4 fully saturated rings. The van der Waals surface area contributed by atoms with E-state index in [0.717, 1.165) is 117 Å². The molecule has 0 amide bonds. The van der Waals surface area contributed by atoms with Gasteiger partial charge in [-0.15, -0.1) is 0 Å². The van der Waals surface area contributed by atoms with Crippen molar-refractivity contribution in [2.45, 2.75) is 71.3 Å². The highest BCUT2D eigenvalue weighted by Gasteiger charge is 2.19. The van der Waals surface area contributed by atoms with Gasteiger partial charge in [-0.1, -0.05) is 20.3 Å². The fourth-order valence-electron chi connectivity index (χ4n) is 6.20. The average molecular weight is 780 g/mol. The Labute approximate surface area is 335 Å². The van der Waals surface area contributed by atoms with Gasteiger partial charge >= 0.3 is 0 Å². The van der Waals surface area contributed by atoms with E-state index in [1.54, 1.807) is 7.11 Å². The Morgan fingerprint density at radius 1 is 0.574 bits per heavy atom. The lowest BCUT2D eigenvalue weighted by atomic mass is 10.1. The standard InChI is InChI=1S/2C7H16N2.C6H14N2O.C6H14N2.C6H16N2.C4H12N2.C3H9NO/c1-9-6-2-3-7(9)4-5-8;8-4-7-9-5-2-1-3-6-9;7-1-2-8-3-5-9-6-4-8;7-3-6-8-4-1-2-5-8;1-3-8(4-2)6-5-7;1-6(2)4-3-5;1-5-3-2-4/h7H,2-6,8H2,1H3;1-8H2;1-7H2;1-7H2;3-7H2,1-2H3;3-5H2,1-2H3;2-4H2,1H3. The van der Waals surface area contributed by atoms with E-state index in [4.69, 9.17) is 44.9 Å². The van der Waals surface area contributed by atoms with Crippen molar-refractivity contribution < 1.29 is 9.47 Å². The fourth-order valence-corrected chi connectivity index (χ4v) is 6.20. The highest BCUT2D eigenvalue weighted by molar-refractivity contribution is 4.76. The second kappa shape index (κ2) is 46.8. The SMILES string of the molecule is CCN(CC)CCN.CN(C)CCN.CN1CCCC1CCN.COCCN.NCCN1CCCC1.NCCN1CCCCC1.NCCN1CCOCC1. The predicted octanol–water partition coefficient (Wildman–Crippen LogP) is -0.436. The maximum atomic E-state index is 5.44. The lowest BCUT2D eigenvalue weighted by Crippen LogP contribution is -2.39. The molecule has 4 aliphatic rings. The Morgan fingerprint density at radius 2 is 1.04 bits per heavy atom. The van der Waals surface area contributed by atoms with Gasteiger partial charge in [-0.3, -0.25) is 4.90 Å². The first-order chi connectivity index (χ1) is 26.2. The molecule has 0 radical (unpaired) electrons. The number of methoxy groups -OCH3 is 1. The minimum absolute atomic E-state index is 0.622. The molecule has 0 spiro atoms. The maximum Gasteiger partial charge on any atom is 0.0594 e. The third-order valence-corrected chi connectivity index (χ3v) is 9.50. The number of likely N-dealkylation sites (N-methyl/N-ethyl adjacent to an activating group) is 2. The van der Waals surface area contributed by atoms with E-state index in [1.165, 1.54) is 84.1 Å². The molecular formula is C39H97N13O2. The molecule has 4 aliphatic heterocycles. The Kier molecular flexibility index (Phi) is 50.0. The van der Waals surface area contributed by atoms with Crippen molar-refractivity contribution in [2.24, 2.45) is 40.1 Å². The van der Waals surface area contributed by atoms with Crippen molar-refractivity contribution >= 4 is 0 Å². The van der Waals surface area contributed by atoms with E-state index in [9.17, 15) is 0 Å². The Balaban J connectivity index is -0.000000567. The zero-order valence-corrected chi connectivity index (χ0v) is 36.7. The molecule has 0 aromatic rings. The Bertz CT molecular complexity index is 635. The third-order valence-electron chi connectivity index (χ3n) is 9.50. The van der Waals surface area contributed by atoms with E-state index in [1.807, 2.05) is 14.1 Å². The average Bonchev–Trinajstić information content (AvgIpc) is 3.85. The van der Waals surface area contributed by atoms with Crippen LogP contribution in [0.15, 0.2) is 0 Å². The van der Waals surface area contributed by atoms with Crippen LogP contribution in [-0.2, 0) is 9.47 Å². The first-order valence-electron chi connectivity index (χ1n) is 21.4. The van der Waals surface area contributed by atoms with Crippen LogP contribution >= 0.6 is 0 Å². The second-order valence-corrected chi connectivity index (χ2v) is 14.3. The molecule has 0 saturated carbocycles. The van der Waals surface area contributed by atoms with Gasteiger partial charge in [0.25, 0.3) is 0 Å². The molecule has 4 rings (SSSR count). The summed E-state index contributed by atoms with van der Waals surface area (Å²) in [5.41, 5.74) is 37.1. The molecule has 1 unspecified atom stereocenters. The summed E-state index contributed by atoms with van der Waals surface area (Å²) in [6.07, 6.45) is 10.8. The van der Waals surface area contributed by atoms with Gasteiger partial charge in [0.1, 0.15) is 0 Å². The molecule has 0 bridgehead atoms. The number of rotatable bonds is 16. The first-order valence-corrected chi connectivity index (χ1v) is 21.4. The summed E-state index contributed by atoms with van der Waals surface area (Å²) in [4.78, 5) is 14.0. The number of hydrogen-bond donors (Lipinski definition) is 7. The van der Waals surface area contributed by atoms with Gasteiger partial charge in [0.15, 0.2) is 0 Å². The minimum atomic E-state index is 0.622. The van der Waals surface area contributed by atoms with Gasteiger partial charge in [-0.25, -0.2) is 0 Å². The van der Waals surface area contributed by atoms with E-state index >= 15 is 0 Å². The number of nitrogens with zero attached hydrogens (tertiary/aromatic N) is 6. The summed E-state index contributed by atoms with van der Waals surface area (Å²) in [5, 5.41) is 0. The fraction of sp³-hybridized carbons (Fsp3) is 1.00. The molecule has 0 aromatic heterocycles. The summed E-state index contributed by atoms with van der Waals surface area (Å²) in [5.74, 6) is 0. The van der Waals surface area contributed by atoms with Crippen LogP contribution in [0.2, 0.25) is 0 Å². The zero-order chi connectivity index (χ0) is 41.1. The third kappa shape index (κ3) is 41.0.